The van der Waals surface area contributed by atoms with E-state index in [2.05, 4.69) is 21.3 Å². The van der Waals surface area contributed by atoms with E-state index in [1.54, 1.807) is 15.5 Å². The fourth-order valence-electron chi connectivity index (χ4n) is 4.25. The third-order valence-electron chi connectivity index (χ3n) is 5.98. The van der Waals surface area contributed by atoms with Gasteiger partial charge in [-0.15, -0.1) is 0 Å². The summed E-state index contributed by atoms with van der Waals surface area (Å²) in [6, 6.07) is 7.23. The molecule has 1 saturated heterocycles. The van der Waals surface area contributed by atoms with Gasteiger partial charge in [-0.3, -0.25) is 9.48 Å². The van der Waals surface area contributed by atoms with Gasteiger partial charge >= 0.3 is 0 Å². The highest BCUT2D eigenvalue weighted by atomic mass is 32.2. The Morgan fingerprint density at radius 2 is 2.09 bits per heavy atom. The van der Waals surface area contributed by atoms with E-state index in [1.807, 2.05) is 30.1 Å². The molecule has 0 saturated carbocycles. The summed E-state index contributed by atoms with van der Waals surface area (Å²) in [6.45, 7) is 3.46. The minimum absolute atomic E-state index is 0.227. The highest BCUT2D eigenvalue weighted by Gasteiger charge is 2.23. The lowest BCUT2D eigenvalue weighted by Gasteiger charge is -2.30. The molecule has 10 heteroatoms. The topological polar surface area (TPSA) is 92.1 Å². The molecular formula is C23H20FN7OS. The second kappa shape index (κ2) is 8.67. The summed E-state index contributed by atoms with van der Waals surface area (Å²) < 4.78 is 18.0. The molecule has 0 spiro atoms. The first-order valence-corrected chi connectivity index (χ1v) is 11.3. The van der Waals surface area contributed by atoms with Crippen molar-refractivity contribution in [1.82, 2.24) is 29.3 Å². The number of carbonyl (C=O) groups is 1. The van der Waals surface area contributed by atoms with Crippen LogP contribution in [0.5, 0.6) is 0 Å². The molecule has 0 aromatic carbocycles. The molecule has 1 aliphatic heterocycles. The van der Waals surface area contributed by atoms with Crippen molar-refractivity contribution in [3.8, 4) is 17.2 Å². The molecule has 8 nitrogen and oxygen atoms in total. The number of hydrogen-bond acceptors (Lipinski definition) is 6. The Labute approximate surface area is 193 Å². The van der Waals surface area contributed by atoms with Crippen LogP contribution in [-0.4, -0.2) is 48.8 Å². The SMILES string of the molecule is Cc1c(-c2cc(Sc3ncccc3F)c3c(C#N)cnn3c2)cnn1C1CCN(C=O)CC1. The summed E-state index contributed by atoms with van der Waals surface area (Å²) >= 11 is 1.17. The van der Waals surface area contributed by atoms with Crippen molar-refractivity contribution >= 4 is 23.7 Å². The molecule has 4 aromatic heterocycles. The van der Waals surface area contributed by atoms with Crippen molar-refractivity contribution in [1.29, 1.82) is 5.26 Å². The van der Waals surface area contributed by atoms with Gasteiger partial charge in [-0.25, -0.2) is 13.9 Å². The maximum absolute atomic E-state index is 14.3. The highest BCUT2D eigenvalue weighted by Crippen LogP contribution is 2.37. The van der Waals surface area contributed by atoms with Crippen LogP contribution in [0.3, 0.4) is 0 Å². The van der Waals surface area contributed by atoms with E-state index < -0.39 is 5.82 Å². The van der Waals surface area contributed by atoms with Crippen LogP contribution in [0.2, 0.25) is 0 Å². The molecule has 0 unspecified atom stereocenters. The van der Waals surface area contributed by atoms with Crippen molar-refractivity contribution in [2.45, 2.75) is 35.7 Å². The molecule has 5 rings (SSSR count). The monoisotopic (exact) mass is 461 g/mol. The largest absolute Gasteiger partial charge is 0.345 e. The number of nitrogens with zero attached hydrogens (tertiary/aromatic N) is 7. The molecule has 4 aromatic rings. The maximum atomic E-state index is 14.3. The summed E-state index contributed by atoms with van der Waals surface area (Å²) in [6.07, 6.45) is 9.34. The highest BCUT2D eigenvalue weighted by molar-refractivity contribution is 7.99. The standard InChI is InChI=1S/C23H20FN7OS/c1-15-19(12-28-31(15)18-4-7-29(14-32)8-5-18)16-9-21(33-23-20(24)3-2-6-26-23)22-17(10-25)11-27-30(22)13-16/h2-3,6,9,11-14,18H,4-5,7-8H2,1H3. The van der Waals surface area contributed by atoms with Gasteiger partial charge in [0.2, 0.25) is 6.41 Å². The number of rotatable bonds is 5. The molecule has 1 aliphatic rings. The fourth-order valence-corrected chi connectivity index (χ4v) is 5.23. The van der Waals surface area contributed by atoms with Crippen LogP contribution in [0.1, 0.15) is 30.1 Å². The maximum Gasteiger partial charge on any atom is 0.209 e. The Balaban J connectivity index is 1.56. The van der Waals surface area contributed by atoms with Gasteiger partial charge in [0.15, 0.2) is 5.82 Å². The van der Waals surface area contributed by atoms with Gasteiger partial charge in [-0.05, 0) is 38.0 Å². The lowest BCUT2D eigenvalue weighted by atomic mass is 10.0. The van der Waals surface area contributed by atoms with Gasteiger partial charge in [-0.1, -0.05) is 11.8 Å². The third kappa shape index (κ3) is 3.85. The molecule has 0 radical (unpaired) electrons. The summed E-state index contributed by atoms with van der Waals surface area (Å²) in [5, 5.41) is 18.8. The van der Waals surface area contributed by atoms with Crippen LogP contribution in [0, 0.1) is 24.1 Å². The Bertz CT molecular complexity index is 1380. The number of fused-ring (bicyclic) bond motifs is 1. The minimum Gasteiger partial charge on any atom is -0.345 e. The lowest BCUT2D eigenvalue weighted by molar-refractivity contribution is -0.119. The molecule has 0 aliphatic carbocycles. The number of piperidine rings is 1. The molecule has 166 valence electrons. The average molecular weight is 462 g/mol. The fraction of sp³-hybridized carbons (Fsp3) is 0.261. The zero-order valence-electron chi connectivity index (χ0n) is 17.8. The van der Waals surface area contributed by atoms with E-state index in [4.69, 9.17) is 0 Å². The van der Waals surface area contributed by atoms with Crippen LogP contribution >= 0.6 is 11.8 Å². The van der Waals surface area contributed by atoms with Crippen LogP contribution in [0.15, 0.2) is 52.9 Å². The van der Waals surface area contributed by atoms with Crippen LogP contribution in [0.25, 0.3) is 16.6 Å². The number of amides is 1. The Kier molecular flexibility index (Phi) is 5.56. The van der Waals surface area contributed by atoms with Crippen LogP contribution in [-0.2, 0) is 4.79 Å². The second-order valence-electron chi connectivity index (χ2n) is 7.91. The number of pyridine rings is 2. The molecule has 0 N–H and O–H groups in total. The van der Waals surface area contributed by atoms with Crippen molar-refractivity contribution < 1.29 is 9.18 Å². The molecule has 1 fully saturated rings. The number of hydrogen-bond donors (Lipinski definition) is 0. The number of likely N-dealkylation sites (tertiary alicyclic amines) is 1. The summed E-state index contributed by atoms with van der Waals surface area (Å²) in [5.41, 5.74) is 3.83. The van der Waals surface area contributed by atoms with Crippen LogP contribution < -0.4 is 0 Å². The molecule has 33 heavy (non-hydrogen) atoms. The van der Waals surface area contributed by atoms with Gasteiger partial charge in [-0.2, -0.15) is 15.5 Å². The summed E-state index contributed by atoms with van der Waals surface area (Å²) in [5.74, 6) is -0.422. The van der Waals surface area contributed by atoms with Crippen molar-refractivity contribution in [3.63, 3.8) is 0 Å². The summed E-state index contributed by atoms with van der Waals surface area (Å²) in [7, 11) is 0. The average Bonchev–Trinajstić information content (AvgIpc) is 3.44. The Morgan fingerprint density at radius 1 is 1.27 bits per heavy atom. The van der Waals surface area contributed by atoms with Gasteiger partial charge < -0.3 is 4.90 Å². The van der Waals surface area contributed by atoms with Gasteiger partial charge in [0, 0.05) is 47.2 Å². The van der Waals surface area contributed by atoms with E-state index in [1.165, 1.54) is 30.2 Å². The molecule has 0 bridgehead atoms. The first-order valence-electron chi connectivity index (χ1n) is 10.5. The Morgan fingerprint density at radius 3 is 2.82 bits per heavy atom. The van der Waals surface area contributed by atoms with E-state index in [0.29, 0.717) is 16.0 Å². The predicted molar refractivity (Wildman–Crippen MR) is 120 cm³/mol. The first kappa shape index (κ1) is 21.2. The van der Waals surface area contributed by atoms with E-state index in [-0.39, 0.29) is 11.1 Å². The van der Waals surface area contributed by atoms with Crippen molar-refractivity contribution in [2.24, 2.45) is 0 Å². The number of carbonyl (C=O) groups excluding carboxylic acids is 1. The molecule has 1 amide bonds. The predicted octanol–water partition coefficient (Wildman–Crippen LogP) is 3.86. The van der Waals surface area contributed by atoms with Crippen molar-refractivity contribution in [3.05, 3.63) is 60.1 Å². The van der Waals surface area contributed by atoms with E-state index in [9.17, 15) is 14.4 Å². The zero-order chi connectivity index (χ0) is 22.9. The van der Waals surface area contributed by atoms with Crippen LogP contribution in [0.4, 0.5) is 4.39 Å². The zero-order valence-corrected chi connectivity index (χ0v) is 18.7. The van der Waals surface area contributed by atoms with Gasteiger partial charge in [0.25, 0.3) is 0 Å². The number of halogens is 1. The smallest absolute Gasteiger partial charge is 0.209 e. The Hall–Kier alpha value is -3.71. The lowest BCUT2D eigenvalue weighted by Crippen LogP contribution is -2.34. The quantitative estimate of drug-likeness (QED) is 0.419. The molecular weight excluding hydrogens is 441 g/mol. The number of aromatic nitrogens is 5. The normalized spacial score (nSPS) is 14.5. The van der Waals surface area contributed by atoms with E-state index >= 15 is 0 Å². The first-order chi connectivity index (χ1) is 16.1. The minimum atomic E-state index is -0.422. The summed E-state index contributed by atoms with van der Waals surface area (Å²) in [4.78, 5) is 17.6. The number of nitriles is 1. The molecule has 5 heterocycles. The van der Waals surface area contributed by atoms with Gasteiger partial charge in [0.1, 0.15) is 11.1 Å². The second-order valence-corrected chi connectivity index (χ2v) is 8.94. The molecule has 0 atom stereocenters. The van der Waals surface area contributed by atoms with Crippen molar-refractivity contribution in [2.75, 3.05) is 13.1 Å². The van der Waals surface area contributed by atoms with E-state index in [0.717, 1.165) is 49.2 Å². The third-order valence-corrected chi connectivity index (χ3v) is 7.00. The van der Waals surface area contributed by atoms with Gasteiger partial charge in [0.05, 0.1) is 29.5 Å².